The van der Waals surface area contributed by atoms with E-state index in [1.165, 1.54) is 0 Å². The van der Waals surface area contributed by atoms with E-state index in [1.54, 1.807) is 0 Å². The number of para-hydroxylation sites is 1. The zero-order chi connectivity index (χ0) is 12.4. The molecule has 0 saturated heterocycles. The van der Waals surface area contributed by atoms with Gasteiger partial charge in [0.2, 0.25) is 0 Å². The van der Waals surface area contributed by atoms with Crippen molar-refractivity contribution in [2.45, 2.75) is 6.92 Å². The second-order valence-corrected chi connectivity index (χ2v) is 3.91. The van der Waals surface area contributed by atoms with Crippen LogP contribution in [0.1, 0.15) is 12.5 Å². The molecule has 6 nitrogen and oxygen atoms in total. The van der Waals surface area contributed by atoms with Crippen molar-refractivity contribution in [3.8, 4) is 5.69 Å². The van der Waals surface area contributed by atoms with E-state index in [1.807, 2.05) is 52.4 Å². The molecule has 0 saturated carbocycles. The molecule has 1 aromatic heterocycles. The third kappa shape index (κ3) is 1.82. The van der Waals surface area contributed by atoms with Crippen LogP contribution in [0.15, 0.2) is 47.8 Å². The van der Waals surface area contributed by atoms with Gasteiger partial charge in [-0.05, 0) is 19.1 Å². The quantitative estimate of drug-likeness (QED) is 0.839. The van der Waals surface area contributed by atoms with E-state index in [-0.39, 0.29) is 0 Å². The van der Waals surface area contributed by atoms with E-state index in [9.17, 15) is 0 Å². The van der Waals surface area contributed by atoms with Gasteiger partial charge in [-0.1, -0.05) is 18.2 Å². The number of nitrogens with one attached hydrogen (secondary N) is 2. The SMILES string of the molecule is CCN1NNN=C1c1cnn(-c2ccccc2)c1. The fourth-order valence-corrected chi connectivity index (χ4v) is 1.86. The smallest absolute Gasteiger partial charge is 0.176 e. The lowest BCUT2D eigenvalue weighted by atomic mass is 10.3. The Balaban J connectivity index is 1.91. The largest absolute Gasteiger partial charge is 0.271 e. The van der Waals surface area contributed by atoms with Crippen LogP contribution in [-0.4, -0.2) is 27.2 Å². The summed E-state index contributed by atoms with van der Waals surface area (Å²) in [6.07, 6.45) is 3.77. The molecule has 0 radical (unpaired) electrons. The molecule has 2 heterocycles. The molecule has 2 aromatic rings. The third-order valence-corrected chi connectivity index (χ3v) is 2.78. The second-order valence-electron chi connectivity index (χ2n) is 3.91. The Morgan fingerprint density at radius 1 is 1.22 bits per heavy atom. The maximum absolute atomic E-state index is 4.35. The molecule has 0 amide bonds. The molecule has 0 aliphatic carbocycles. The predicted octanol–water partition coefficient (Wildman–Crippen LogP) is 0.879. The molecule has 92 valence electrons. The number of benzene rings is 1. The van der Waals surface area contributed by atoms with E-state index in [4.69, 9.17) is 0 Å². The lowest BCUT2D eigenvalue weighted by molar-refractivity contribution is 0.308. The number of hydrazone groups is 1. The number of amidine groups is 1. The van der Waals surface area contributed by atoms with Crippen LogP contribution in [-0.2, 0) is 0 Å². The van der Waals surface area contributed by atoms with E-state index in [0.29, 0.717) is 0 Å². The topological polar surface area (TPSA) is 57.5 Å². The van der Waals surface area contributed by atoms with Crippen molar-refractivity contribution in [3.63, 3.8) is 0 Å². The highest BCUT2D eigenvalue weighted by atomic mass is 15.8. The maximum atomic E-state index is 4.35. The van der Waals surface area contributed by atoms with Crippen LogP contribution >= 0.6 is 0 Å². The highest BCUT2D eigenvalue weighted by Crippen LogP contribution is 2.10. The van der Waals surface area contributed by atoms with Crippen LogP contribution in [0, 0.1) is 0 Å². The Bertz CT molecular complexity index is 559. The number of hydrazine groups is 2. The number of aromatic nitrogens is 2. The minimum atomic E-state index is 0.822. The Kier molecular flexibility index (Phi) is 2.70. The van der Waals surface area contributed by atoms with Crippen molar-refractivity contribution in [2.24, 2.45) is 5.10 Å². The molecule has 2 N–H and O–H groups in total. The fourth-order valence-electron chi connectivity index (χ4n) is 1.86. The Morgan fingerprint density at radius 3 is 2.83 bits per heavy atom. The molecule has 0 unspecified atom stereocenters. The van der Waals surface area contributed by atoms with Gasteiger partial charge in [-0.2, -0.15) is 5.10 Å². The van der Waals surface area contributed by atoms with Gasteiger partial charge in [0.05, 0.1) is 17.4 Å². The van der Waals surface area contributed by atoms with Gasteiger partial charge in [-0.15, -0.1) is 10.6 Å². The van der Waals surface area contributed by atoms with Gasteiger partial charge in [-0.25, -0.2) is 10.2 Å². The van der Waals surface area contributed by atoms with E-state index in [0.717, 1.165) is 23.6 Å². The molecule has 1 aliphatic rings. The summed E-state index contributed by atoms with van der Waals surface area (Å²) < 4.78 is 1.84. The molecule has 0 atom stereocenters. The highest BCUT2D eigenvalue weighted by molar-refractivity contribution is 5.98. The van der Waals surface area contributed by atoms with Gasteiger partial charge in [0.25, 0.3) is 0 Å². The van der Waals surface area contributed by atoms with Crippen molar-refractivity contribution >= 4 is 5.84 Å². The summed E-state index contributed by atoms with van der Waals surface area (Å²) in [6.45, 7) is 2.87. The molecule has 18 heavy (non-hydrogen) atoms. The summed E-state index contributed by atoms with van der Waals surface area (Å²) in [6, 6.07) is 10.0. The molecule has 1 aromatic carbocycles. The summed E-state index contributed by atoms with van der Waals surface area (Å²) in [7, 11) is 0. The normalized spacial score (nSPS) is 14.5. The van der Waals surface area contributed by atoms with Crippen LogP contribution in [0.3, 0.4) is 0 Å². The predicted molar refractivity (Wildman–Crippen MR) is 68.8 cm³/mol. The monoisotopic (exact) mass is 242 g/mol. The summed E-state index contributed by atoms with van der Waals surface area (Å²) >= 11 is 0. The van der Waals surface area contributed by atoms with E-state index < -0.39 is 0 Å². The standard InChI is InChI=1S/C12H14N6/c1-2-17-12(14-15-16-17)10-8-13-18(9-10)11-6-4-3-5-7-11/h3-9,15-16H,2H2,1H3. The number of rotatable bonds is 3. The first-order chi connectivity index (χ1) is 8.88. The Labute approximate surface area is 105 Å². The maximum Gasteiger partial charge on any atom is 0.176 e. The van der Waals surface area contributed by atoms with Gasteiger partial charge in [0, 0.05) is 12.7 Å². The third-order valence-electron chi connectivity index (χ3n) is 2.78. The summed E-state index contributed by atoms with van der Waals surface area (Å²) in [5.41, 5.74) is 7.70. The van der Waals surface area contributed by atoms with Crippen LogP contribution in [0.4, 0.5) is 0 Å². The van der Waals surface area contributed by atoms with Crippen molar-refractivity contribution in [2.75, 3.05) is 6.54 Å². The van der Waals surface area contributed by atoms with Crippen molar-refractivity contribution in [1.82, 2.24) is 25.9 Å². The zero-order valence-electron chi connectivity index (χ0n) is 10.0. The Morgan fingerprint density at radius 2 is 2.06 bits per heavy atom. The van der Waals surface area contributed by atoms with Crippen LogP contribution in [0.2, 0.25) is 0 Å². The molecular weight excluding hydrogens is 228 g/mol. The minimum absolute atomic E-state index is 0.822. The van der Waals surface area contributed by atoms with Crippen LogP contribution in [0.5, 0.6) is 0 Å². The minimum Gasteiger partial charge on any atom is -0.271 e. The fraction of sp³-hybridized carbons (Fsp3) is 0.167. The summed E-state index contributed by atoms with van der Waals surface area (Å²) in [4.78, 5) is 0. The molecule has 3 rings (SSSR count). The molecule has 0 bridgehead atoms. The number of hydrogen-bond acceptors (Lipinski definition) is 5. The molecule has 0 spiro atoms. The van der Waals surface area contributed by atoms with Crippen molar-refractivity contribution < 1.29 is 0 Å². The molecule has 6 heteroatoms. The van der Waals surface area contributed by atoms with Gasteiger partial charge in [0.15, 0.2) is 5.84 Å². The van der Waals surface area contributed by atoms with Crippen molar-refractivity contribution in [1.29, 1.82) is 0 Å². The molecule has 0 fully saturated rings. The first kappa shape index (κ1) is 10.8. The number of hydrogen-bond donors (Lipinski definition) is 2. The average molecular weight is 242 g/mol. The van der Waals surface area contributed by atoms with Gasteiger partial charge < -0.3 is 0 Å². The van der Waals surface area contributed by atoms with E-state index in [2.05, 4.69) is 28.2 Å². The first-order valence-corrected chi connectivity index (χ1v) is 5.85. The van der Waals surface area contributed by atoms with E-state index >= 15 is 0 Å². The molecular formula is C12H14N6. The average Bonchev–Trinajstić information content (AvgIpc) is 3.08. The number of nitrogens with zero attached hydrogens (tertiary/aromatic N) is 4. The summed E-state index contributed by atoms with van der Waals surface area (Å²) in [5.74, 6) is 0.847. The zero-order valence-corrected chi connectivity index (χ0v) is 10.0. The second kappa shape index (κ2) is 4.50. The van der Waals surface area contributed by atoms with Crippen LogP contribution in [0.25, 0.3) is 5.69 Å². The summed E-state index contributed by atoms with van der Waals surface area (Å²) in [5, 5.41) is 10.5. The highest BCUT2D eigenvalue weighted by Gasteiger charge is 2.18. The first-order valence-electron chi connectivity index (χ1n) is 5.85. The van der Waals surface area contributed by atoms with Gasteiger partial charge in [-0.3, -0.25) is 5.01 Å². The Hall–Kier alpha value is -2.34. The van der Waals surface area contributed by atoms with Crippen LogP contribution < -0.4 is 11.1 Å². The van der Waals surface area contributed by atoms with Crippen molar-refractivity contribution in [3.05, 3.63) is 48.3 Å². The lowest BCUT2D eigenvalue weighted by Crippen LogP contribution is -2.40. The van der Waals surface area contributed by atoms with Gasteiger partial charge in [0.1, 0.15) is 0 Å². The van der Waals surface area contributed by atoms with Gasteiger partial charge >= 0.3 is 0 Å². The lowest BCUT2D eigenvalue weighted by Gasteiger charge is -2.14. The molecule has 1 aliphatic heterocycles.